The summed E-state index contributed by atoms with van der Waals surface area (Å²) in [6.45, 7) is 3.66. The highest BCUT2D eigenvalue weighted by Crippen LogP contribution is 2.21. The molecular weight excluding hydrogens is 256 g/mol. The zero-order chi connectivity index (χ0) is 14.3. The van der Waals surface area contributed by atoms with Gasteiger partial charge in [0.15, 0.2) is 5.69 Å². The number of nitrogens with one attached hydrogen (secondary N) is 3. The Morgan fingerprint density at radius 3 is 2.75 bits per heavy atom. The molecule has 0 atom stereocenters. The maximum Gasteiger partial charge on any atom is 0.276 e. The third-order valence-electron chi connectivity index (χ3n) is 3.17. The van der Waals surface area contributed by atoms with Crippen molar-refractivity contribution in [2.45, 2.75) is 13.8 Å². The molecule has 0 aliphatic carbocycles. The van der Waals surface area contributed by atoms with Crippen LogP contribution in [0.4, 0.5) is 11.4 Å². The molecule has 5 N–H and O–H groups in total. The molecule has 0 aliphatic heterocycles. The highest BCUT2D eigenvalue weighted by molar-refractivity contribution is 6.11. The number of fused-ring (bicyclic) bond motifs is 1. The zero-order valence-corrected chi connectivity index (χ0v) is 11.1. The number of aromatic amines is 2. The molecule has 1 amide bonds. The van der Waals surface area contributed by atoms with E-state index >= 15 is 0 Å². The number of amides is 1. The molecule has 3 aromatic rings. The number of carbonyl (C=O) groups excluding carboxylic acids is 1. The van der Waals surface area contributed by atoms with Crippen molar-refractivity contribution in [1.29, 1.82) is 0 Å². The number of nitrogens with zero attached hydrogens (tertiary/aromatic N) is 2. The monoisotopic (exact) mass is 270 g/mol. The van der Waals surface area contributed by atoms with Crippen LogP contribution in [0.3, 0.4) is 0 Å². The standard InChI is InChI=1S/C13H14N6O/c1-6-11(7(2)17-16-6)15-13(20)12-9-5-8(14)3-4-10(9)18-19-12/h3-5H,14H2,1-2H3,(H,15,20)(H,16,17)(H,18,19). The van der Waals surface area contributed by atoms with Crippen LogP contribution in [-0.4, -0.2) is 26.3 Å². The Morgan fingerprint density at radius 1 is 1.25 bits per heavy atom. The topological polar surface area (TPSA) is 112 Å². The average Bonchev–Trinajstić information content (AvgIpc) is 2.96. The van der Waals surface area contributed by atoms with Gasteiger partial charge in [-0.25, -0.2) is 0 Å². The van der Waals surface area contributed by atoms with Crippen molar-refractivity contribution in [3.63, 3.8) is 0 Å². The third-order valence-corrected chi connectivity index (χ3v) is 3.17. The molecule has 3 rings (SSSR count). The van der Waals surface area contributed by atoms with Gasteiger partial charge in [-0.05, 0) is 32.0 Å². The number of hydrogen-bond acceptors (Lipinski definition) is 4. The number of rotatable bonds is 2. The van der Waals surface area contributed by atoms with E-state index < -0.39 is 0 Å². The lowest BCUT2D eigenvalue weighted by Crippen LogP contribution is -2.13. The number of aromatic nitrogens is 4. The Labute approximate surface area is 114 Å². The second-order valence-electron chi connectivity index (χ2n) is 4.64. The van der Waals surface area contributed by atoms with Crippen molar-refractivity contribution in [1.82, 2.24) is 20.4 Å². The molecule has 0 spiro atoms. The van der Waals surface area contributed by atoms with E-state index in [1.54, 1.807) is 18.2 Å². The fourth-order valence-electron chi connectivity index (χ4n) is 2.11. The molecule has 0 aliphatic rings. The molecule has 0 fully saturated rings. The van der Waals surface area contributed by atoms with E-state index in [4.69, 9.17) is 5.73 Å². The predicted molar refractivity (Wildman–Crippen MR) is 76.5 cm³/mol. The Morgan fingerprint density at radius 2 is 2.05 bits per heavy atom. The van der Waals surface area contributed by atoms with Crippen molar-refractivity contribution in [3.05, 3.63) is 35.3 Å². The van der Waals surface area contributed by atoms with Gasteiger partial charge in [0.05, 0.1) is 22.6 Å². The molecule has 20 heavy (non-hydrogen) atoms. The molecule has 7 heteroatoms. The van der Waals surface area contributed by atoms with Crippen LogP contribution < -0.4 is 11.1 Å². The number of H-pyrrole nitrogens is 2. The number of carbonyl (C=O) groups is 1. The van der Waals surface area contributed by atoms with Crippen LogP contribution in [0, 0.1) is 13.8 Å². The first kappa shape index (κ1) is 12.2. The number of benzene rings is 1. The summed E-state index contributed by atoms with van der Waals surface area (Å²) in [5.74, 6) is -0.297. The van der Waals surface area contributed by atoms with Gasteiger partial charge in [-0.1, -0.05) is 0 Å². The second kappa shape index (κ2) is 4.37. The average molecular weight is 270 g/mol. The maximum absolute atomic E-state index is 12.3. The predicted octanol–water partition coefficient (Wildman–Crippen LogP) is 1.74. The number of nitrogens with two attached hydrogens (primary N) is 1. The maximum atomic E-state index is 12.3. The van der Waals surface area contributed by atoms with Gasteiger partial charge in [0.25, 0.3) is 5.91 Å². The summed E-state index contributed by atoms with van der Waals surface area (Å²) in [4.78, 5) is 12.3. The molecule has 0 radical (unpaired) electrons. The molecule has 0 unspecified atom stereocenters. The zero-order valence-electron chi connectivity index (χ0n) is 11.1. The summed E-state index contributed by atoms with van der Waals surface area (Å²) in [7, 11) is 0. The highest BCUT2D eigenvalue weighted by Gasteiger charge is 2.17. The Bertz CT molecular complexity index is 781. The molecule has 7 nitrogen and oxygen atoms in total. The van der Waals surface area contributed by atoms with Gasteiger partial charge in [0, 0.05) is 11.1 Å². The van der Waals surface area contributed by atoms with Gasteiger partial charge < -0.3 is 11.1 Å². The lowest BCUT2D eigenvalue weighted by molar-refractivity contribution is 0.102. The van der Waals surface area contributed by atoms with Crippen LogP contribution in [-0.2, 0) is 0 Å². The van der Waals surface area contributed by atoms with Gasteiger partial charge >= 0.3 is 0 Å². The fourth-order valence-corrected chi connectivity index (χ4v) is 2.11. The molecule has 0 bridgehead atoms. The smallest absolute Gasteiger partial charge is 0.276 e. The third kappa shape index (κ3) is 1.89. The number of anilines is 2. The quantitative estimate of drug-likeness (QED) is 0.531. The minimum absolute atomic E-state index is 0.297. The van der Waals surface area contributed by atoms with Crippen molar-refractivity contribution in [2.24, 2.45) is 0 Å². The summed E-state index contributed by atoms with van der Waals surface area (Å²) in [5.41, 5.74) is 9.62. The molecule has 1 aromatic carbocycles. The van der Waals surface area contributed by atoms with Gasteiger partial charge in [0.1, 0.15) is 0 Å². The largest absolute Gasteiger partial charge is 0.399 e. The Hall–Kier alpha value is -2.83. The fraction of sp³-hybridized carbons (Fsp3) is 0.154. The number of aryl methyl sites for hydroxylation is 2. The number of nitrogen functional groups attached to an aromatic ring is 1. The van der Waals surface area contributed by atoms with Crippen molar-refractivity contribution in [3.8, 4) is 0 Å². The van der Waals surface area contributed by atoms with Crippen molar-refractivity contribution >= 4 is 28.2 Å². The lowest BCUT2D eigenvalue weighted by atomic mass is 10.2. The van der Waals surface area contributed by atoms with E-state index in [-0.39, 0.29) is 5.91 Å². The summed E-state index contributed by atoms with van der Waals surface area (Å²) < 4.78 is 0. The normalized spacial score (nSPS) is 10.9. The van der Waals surface area contributed by atoms with Crippen LogP contribution >= 0.6 is 0 Å². The molecule has 2 aromatic heterocycles. The molecular formula is C13H14N6O. The molecule has 0 saturated carbocycles. The van der Waals surface area contributed by atoms with Crippen LogP contribution in [0.5, 0.6) is 0 Å². The van der Waals surface area contributed by atoms with E-state index in [1.165, 1.54) is 0 Å². The minimum atomic E-state index is -0.297. The van der Waals surface area contributed by atoms with Gasteiger partial charge in [-0.3, -0.25) is 15.0 Å². The Kier molecular flexibility index (Phi) is 2.67. The van der Waals surface area contributed by atoms with Crippen LogP contribution in [0.25, 0.3) is 10.9 Å². The second-order valence-corrected chi connectivity index (χ2v) is 4.64. The van der Waals surface area contributed by atoms with Crippen LogP contribution in [0.15, 0.2) is 18.2 Å². The first-order valence-electron chi connectivity index (χ1n) is 6.13. The van der Waals surface area contributed by atoms with Gasteiger partial charge in [-0.2, -0.15) is 10.2 Å². The molecule has 102 valence electrons. The molecule has 0 saturated heterocycles. The summed E-state index contributed by atoms with van der Waals surface area (Å²) in [6, 6.07) is 5.28. The molecule has 2 heterocycles. The summed E-state index contributed by atoms with van der Waals surface area (Å²) in [5, 5.41) is 17.2. The summed E-state index contributed by atoms with van der Waals surface area (Å²) >= 11 is 0. The van der Waals surface area contributed by atoms with Gasteiger partial charge in [0.2, 0.25) is 0 Å². The highest BCUT2D eigenvalue weighted by atomic mass is 16.2. The van der Waals surface area contributed by atoms with E-state index in [1.807, 2.05) is 13.8 Å². The van der Waals surface area contributed by atoms with Crippen LogP contribution in [0.1, 0.15) is 21.9 Å². The van der Waals surface area contributed by atoms with E-state index in [2.05, 4.69) is 25.7 Å². The van der Waals surface area contributed by atoms with Crippen molar-refractivity contribution < 1.29 is 4.79 Å². The van der Waals surface area contributed by atoms with E-state index in [0.29, 0.717) is 22.5 Å². The first-order chi connectivity index (χ1) is 9.56. The Balaban J connectivity index is 1.99. The number of hydrogen-bond donors (Lipinski definition) is 4. The van der Waals surface area contributed by atoms with Crippen LogP contribution in [0.2, 0.25) is 0 Å². The lowest BCUT2D eigenvalue weighted by Gasteiger charge is -2.03. The van der Waals surface area contributed by atoms with E-state index in [0.717, 1.165) is 16.9 Å². The minimum Gasteiger partial charge on any atom is -0.399 e. The van der Waals surface area contributed by atoms with Gasteiger partial charge in [-0.15, -0.1) is 0 Å². The van der Waals surface area contributed by atoms with E-state index in [9.17, 15) is 4.79 Å². The SMILES string of the molecule is Cc1n[nH]c(C)c1NC(=O)c1n[nH]c2ccc(N)cc12. The van der Waals surface area contributed by atoms with Crippen molar-refractivity contribution in [2.75, 3.05) is 11.1 Å². The first-order valence-corrected chi connectivity index (χ1v) is 6.13. The summed E-state index contributed by atoms with van der Waals surface area (Å²) in [6.07, 6.45) is 0.